The number of hydrogen-bond acceptors (Lipinski definition) is 3. The Hall–Kier alpha value is -2.56. The monoisotopic (exact) mass is 274 g/mol. The van der Waals surface area contributed by atoms with E-state index in [2.05, 4.69) is 5.43 Å². The zero-order valence-corrected chi connectivity index (χ0v) is 11.0. The minimum Gasteiger partial charge on any atom is -0.484 e. The van der Waals surface area contributed by atoms with Gasteiger partial charge in [-0.25, -0.2) is 4.39 Å². The molecule has 0 unspecified atom stereocenters. The van der Waals surface area contributed by atoms with E-state index in [4.69, 9.17) is 4.74 Å². The molecule has 0 bridgehead atoms. The second-order valence-electron chi connectivity index (χ2n) is 4.17. The molecular weight excluding hydrogens is 259 g/mol. The van der Waals surface area contributed by atoms with Crippen molar-refractivity contribution in [1.29, 1.82) is 0 Å². The maximum atomic E-state index is 12.7. The highest BCUT2D eigenvalue weighted by Gasteiger charge is 2.06. The number of hydrazine groups is 1. The van der Waals surface area contributed by atoms with Crippen molar-refractivity contribution in [2.45, 2.75) is 0 Å². The third-order valence-corrected chi connectivity index (χ3v) is 2.62. The lowest BCUT2D eigenvalue weighted by Gasteiger charge is -2.20. The van der Waals surface area contributed by atoms with E-state index in [1.807, 2.05) is 30.3 Å². The van der Waals surface area contributed by atoms with E-state index in [-0.39, 0.29) is 18.3 Å². The van der Waals surface area contributed by atoms with Crippen LogP contribution in [0.15, 0.2) is 54.6 Å². The predicted molar refractivity (Wildman–Crippen MR) is 74.9 cm³/mol. The fraction of sp³-hybridized carbons (Fsp3) is 0.133. The average Bonchev–Trinajstić information content (AvgIpc) is 2.47. The molecule has 4 nitrogen and oxygen atoms in total. The van der Waals surface area contributed by atoms with Crippen molar-refractivity contribution >= 4 is 11.6 Å². The number of nitrogens with zero attached hydrogens (tertiary/aromatic N) is 1. The summed E-state index contributed by atoms with van der Waals surface area (Å²) in [5.74, 6) is -0.185. The van der Waals surface area contributed by atoms with E-state index >= 15 is 0 Å². The van der Waals surface area contributed by atoms with Gasteiger partial charge in [-0.05, 0) is 36.4 Å². The number of anilines is 1. The summed E-state index contributed by atoms with van der Waals surface area (Å²) in [6.07, 6.45) is 0. The molecular formula is C15H15FN2O2. The molecule has 20 heavy (non-hydrogen) atoms. The van der Waals surface area contributed by atoms with Gasteiger partial charge in [0.2, 0.25) is 0 Å². The number of benzene rings is 2. The molecule has 0 saturated carbocycles. The molecule has 1 amide bonds. The second kappa shape index (κ2) is 6.56. The maximum Gasteiger partial charge on any atom is 0.276 e. The first-order valence-corrected chi connectivity index (χ1v) is 6.12. The van der Waals surface area contributed by atoms with Crippen LogP contribution < -0.4 is 15.2 Å². The van der Waals surface area contributed by atoms with Gasteiger partial charge in [0.15, 0.2) is 6.61 Å². The average molecular weight is 274 g/mol. The van der Waals surface area contributed by atoms with Gasteiger partial charge >= 0.3 is 0 Å². The lowest BCUT2D eigenvalue weighted by Crippen LogP contribution is -2.41. The van der Waals surface area contributed by atoms with Crippen LogP contribution in [0, 0.1) is 5.82 Å². The molecule has 5 heteroatoms. The number of carbonyl (C=O) groups excluding carboxylic acids is 1. The maximum absolute atomic E-state index is 12.7. The third-order valence-electron chi connectivity index (χ3n) is 2.62. The largest absolute Gasteiger partial charge is 0.484 e. The van der Waals surface area contributed by atoms with Crippen LogP contribution in [0.4, 0.5) is 10.1 Å². The number of hydrogen-bond donors (Lipinski definition) is 1. The molecule has 0 spiro atoms. The van der Waals surface area contributed by atoms with Crippen LogP contribution in [-0.4, -0.2) is 19.6 Å². The first-order chi connectivity index (χ1) is 9.65. The third kappa shape index (κ3) is 3.98. The van der Waals surface area contributed by atoms with Crippen molar-refractivity contribution in [2.75, 3.05) is 18.7 Å². The lowest BCUT2D eigenvalue weighted by atomic mass is 10.3. The Morgan fingerprint density at radius 2 is 1.80 bits per heavy atom. The van der Waals surface area contributed by atoms with Crippen molar-refractivity contribution in [3.63, 3.8) is 0 Å². The van der Waals surface area contributed by atoms with Crippen LogP contribution in [-0.2, 0) is 4.79 Å². The lowest BCUT2D eigenvalue weighted by molar-refractivity contribution is -0.123. The molecule has 0 atom stereocenters. The normalized spacial score (nSPS) is 9.90. The number of rotatable bonds is 5. The SMILES string of the molecule is CN(NC(=O)COc1ccc(F)cc1)c1ccccc1. The fourth-order valence-electron chi connectivity index (χ4n) is 1.62. The Bertz CT molecular complexity index is 558. The van der Waals surface area contributed by atoms with Gasteiger partial charge in [-0.15, -0.1) is 0 Å². The minimum atomic E-state index is -0.342. The van der Waals surface area contributed by atoms with Gasteiger partial charge in [0.25, 0.3) is 5.91 Å². The zero-order chi connectivity index (χ0) is 14.4. The van der Waals surface area contributed by atoms with Crippen LogP contribution in [0.2, 0.25) is 0 Å². The van der Waals surface area contributed by atoms with Gasteiger partial charge in [0, 0.05) is 7.05 Å². The molecule has 0 saturated heterocycles. The summed E-state index contributed by atoms with van der Waals surface area (Å²) in [5.41, 5.74) is 3.54. The Labute approximate surface area is 116 Å². The van der Waals surface area contributed by atoms with E-state index in [0.29, 0.717) is 5.75 Å². The van der Waals surface area contributed by atoms with Crippen LogP contribution >= 0.6 is 0 Å². The summed E-state index contributed by atoms with van der Waals surface area (Å²) in [5, 5.41) is 1.61. The molecule has 0 fully saturated rings. The second-order valence-corrected chi connectivity index (χ2v) is 4.17. The summed E-state index contributed by atoms with van der Waals surface area (Å²) in [4.78, 5) is 11.7. The van der Waals surface area contributed by atoms with E-state index in [9.17, 15) is 9.18 Å². The van der Waals surface area contributed by atoms with Crippen molar-refractivity contribution in [3.8, 4) is 5.75 Å². The molecule has 0 aliphatic heterocycles. The van der Waals surface area contributed by atoms with Gasteiger partial charge in [0.1, 0.15) is 11.6 Å². The minimum absolute atomic E-state index is 0.136. The quantitative estimate of drug-likeness (QED) is 0.851. The fourth-order valence-corrected chi connectivity index (χ4v) is 1.62. The van der Waals surface area contributed by atoms with Gasteiger partial charge in [-0.1, -0.05) is 18.2 Å². The van der Waals surface area contributed by atoms with Crippen LogP contribution in [0.1, 0.15) is 0 Å². The van der Waals surface area contributed by atoms with E-state index in [1.54, 1.807) is 12.1 Å². The summed E-state index contributed by atoms with van der Waals surface area (Å²) in [6.45, 7) is -0.136. The van der Waals surface area contributed by atoms with Gasteiger partial charge in [0.05, 0.1) is 5.69 Å². The molecule has 2 aromatic rings. The highest BCUT2D eigenvalue weighted by atomic mass is 19.1. The summed E-state index contributed by atoms with van der Waals surface area (Å²) < 4.78 is 18.0. The Morgan fingerprint density at radius 1 is 1.15 bits per heavy atom. The molecule has 1 N–H and O–H groups in total. The van der Waals surface area contributed by atoms with Crippen LogP contribution in [0.25, 0.3) is 0 Å². The van der Waals surface area contributed by atoms with Crippen molar-refractivity contribution in [2.24, 2.45) is 0 Å². The van der Waals surface area contributed by atoms with Gasteiger partial charge < -0.3 is 4.74 Å². The number of para-hydroxylation sites is 1. The molecule has 2 aromatic carbocycles. The first kappa shape index (κ1) is 13.9. The highest BCUT2D eigenvalue weighted by molar-refractivity contribution is 5.79. The standard InChI is InChI=1S/C15H15FN2O2/c1-18(13-5-3-2-4-6-13)17-15(19)11-20-14-9-7-12(16)8-10-14/h2-10H,11H2,1H3,(H,17,19). The Kier molecular flexibility index (Phi) is 4.55. The summed E-state index contributed by atoms with van der Waals surface area (Å²) in [7, 11) is 1.74. The topological polar surface area (TPSA) is 41.6 Å². The van der Waals surface area contributed by atoms with Crippen molar-refractivity contribution in [1.82, 2.24) is 5.43 Å². The van der Waals surface area contributed by atoms with E-state index in [0.717, 1.165) is 5.69 Å². The number of carbonyl (C=O) groups is 1. The zero-order valence-electron chi connectivity index (χ0n) is 11.0. The summed E-state index contributed by atoms with van der Waals surface area (Å²) in [6, 6.07) is 14.9. The van der Waals surface area contributed by atoms with Crippen molar-refractivity contribution < 1.29 is 13.9 Å². The smallest absolute Gasteiger partial charge is 0.276 e. The Morgan fingerprint density at radius 3 is 2.45 bits per heavy atom. The highest BCUT2D eigenvalue weighted by Crippen LogP contribution is 2.11. The molecule has 0 aliphatic carbocycles. The molecule has 2 rings (SSSR count). The molecule has 104 valence electrons. The van der Waals surface area contributed by atoms with E-state index < -0.39 is 0 Å². The molecule has 0 aliphatic rings. The number of halogens is 1. The van der Waals surface area contributed by atoms with Crippen molar-refractivity contribution in [3.05, 3.63) is 60.4 Å². The molecule has 0 radical (unpaired) electrons. The van der Waals surface area contributed by atoms with Gasteiger partial charge in [-0.3, -0.25) is 15.2 Å². The predicted octanol–water partition coefficient (Wildman–Crippen LogP) is 2.37. The molecule has 0 heterocycles. The number of nitrogens with one attached hydrogen (secondary N) is 1. The first-order valence-electron chi connectivity index (χ1n) is 6.12. The number of amides is 1. The Balaban J connectivity index is 1.82. The van der Waals surface area contributed by atoms with Gasteiger partial charge in [-0.2, -0.15) is 0 Å². The van der Waals surface area contributed by atoms with Crippen LogP contribution in [0.5, 0.6) is 5.75 Å². The number of ether oxygens (including phenoxy) is 1. The summed E-state index contributed by atoms with van der Waals surface area (Å²) >= 11 is 0. The van der Waals surface area contributed by atoms with Crippen LogP contribution in [0.3, 0.4) is 0 Å². The van der Waals surface area contributed by atoms with E-state index in [1.165, 1.54) is 24.3 Å². The molecule has 0 aromatic heterocycles.